The van der Waals surface area contributed by atoms with Crippen molar-refractivity contribution in [2.24, 2.45) is 0 Å². The molecule has 1 N–H and O–H groups in total. The molecule has 160 valence electrons. The van der Waals surface area contributed by atoms with Crippen molar-refractivity contribution in [2.45, 2.75) is 13.3 Å². The van der Waals surface area contributed by atoms with Crippen LogP contribution in [0.4, 0.5) is 4.39 Å². The van der Waals surface area contributed by atoms with Crippen LogP contribution in [0.2, 0.25) is 0 Å². The molecule has 2 aromatic rings. The van der Waals surface area contributed by atoms with Gasteiger partial charge < -0.3 is 15.0 Å². The zero-order valence-corrected chi connectivity index (χ0v) is 17.3. The Bertz CT molecular complexity index is 849. The summed E-state index contributed by atoms with van der Waals surface area (Å²) in [6.07, 6.45) is 0.418. The van der Waals surface area contributed by atoms with E-state index in [0.29, 0.717) is 58.0 Å². The van der Waals surface area contributed by atoms with Crippen molar-refractivity contribution >= 4 is 11.8 Å². The highest BCUT2D eigenvalue weighted by Gasteiger charge is 2.22. The molecule has 0 saturated carbocycles. The Morgan fingerprint density at radius 2 is 1.73 bits per heavy atom. The molecular formula is C23H28FN3O3. The number of nitrogens with one attached hydrogen (secondary N) is 1. The molecule has 1 saturated heterocycles. The van der Waals surface area contributed by atoms with Gasteiger partial charge in [-0.25, -0.2) is 4.39 Å². The molecular weight excluding hydrogens is 385 g/mol. The van der Waals surface area contributed by atoms with Crippen molar-refractivity contribution in [3.63, 3.8) is 0 Å². The predicted molar refractivity (Wildman–Crippen MR) is 113 cm³/mol. The number of amides is 2. The van der Waals surface area contributed by atoms with Crippen molar-refractivity contribution < 1.29 is 18.7 Å². The number of ether oxygens (including phenoxy) is 1. The average Bonchev–Trinajstić information content (AvgIpc) is 2.74. The van der Waals surface area contributed by atoms with Gasteiger partial charge in [0, 0.05) is 26.2 Å². The summed E-state index contributed by atoms with van der Waals surface area (Å²) in [6, 6.07) is 13.7. The van der Waals surface area contributed by atoms with E-state index < -0.39 is 0 Å². The van der Waals surface area contributed by atoms with Crippen LogP contribution in [0.1, 0.15) is 11.1 Å². The first kappa shape index (κ1) is 21.8. The molecule has 0 atom stereocenters. The van der Waals surface area contributed by atoms with Crippen LogP contribution in [-0.2, 0) is 16.0 Å². The number of piperazine rings is 1. The first-order chi connectivity index (χ1) is 14.5. The second-order valence-corrected chi connectivity index (χ2v) is 7.41. The summed E-state index contributed by atoms with van der Waals surface area (Å²) in [7, 11) is 0. The number of carbonyl (C=O) groups is 2. The molecule has 0 radical (unpaired) electrons. The van der Waals surface area contributed by atoms with E-state index >= 15 is 0 Å². The summed E-state index contributed by atoms with van der Waals surface area (Å²) in [5.74, 6) is 0.313. The summed E-state index contributed by atoms with van der Waals surface area (Å²) in [5, 5.41) is 2.82. The van der Waals surface area contributed by atoms with Crippen LogP contribution in [0.5, 0.6) is 5.75 Å². The number of benzene rings is 2. The molecule has 1 heterocycles. The number of nitrogens with zero attached hydrogens (tertiary/aromatic N) is 2. The van der Waals surface area contributed by atoms with Gasteiger partial charge >= 0.3 is 0 Å². The monoisotopic (exact) mass is 413 g/mol. The maximum Gasteiger partial charge on any atom is 0.234 e. The van der Waals surface area contributed by atoms with Crippen molar-refractivity contribution in [3.05, 3.63) is 65.5 Å². The minimum absolute atomic E-state index is 0.0719. The summed E-state index contributed by atoms with van der Waals surface area (Å²) in [5.41, 5.74) is 2.19. The van der Waals surface area contributed by atoms with Gasteiger partial charge in [-0.3, -0.25) is 14.5 Å². The van der Waals surface area contributed by atoms with Crippen LogP contribution in [-0.4, -0.2) is 67.5 Å². The summed E-state index contributed by atoms with van der Waals surface area (Å²) >= 11 is 0. The van der Waals surface area contributed by atoms with Crippen LogP contribution in [0, 0.1) is 12.7 Å². The Balaban J connectivity index is 1.32. The van der Waals surface area contributed by atoms with Crippen LogP contribution in [0.3, 0.4) is 0 Å². The quantitative estimate of drug-likeness (QED) is 0.673. The smallest absolute Gasteiger partial charge is 0.234 e. The fourth-order valence-corrected chi connectivity index (χ4v) is 3.39. The van der Waals surface area contributed by atoms with Gasteiger partial charge in [0.1, 0.15) is 18.2 Å². The van der Waals surface area contributed by atoms with E-state index in [2.05, 4.69) is 5.32 Å². The fourth-order valence-electron chi connectivity index (χ4n) is 3.39. The van der Waals surface area contributed by atoms with E-state index in [4.69, 9.17) is 4.74 Å². The zero-order chi connectivity index (χ0) is 21.3. The highest BCUT2D eigenvalue weighted by molar-refractivity contribution is 5.79. The maximum absolute atomic E-state index is 12.8. The van der Waals surface area contributed by atoms with E-state index in [0.717, 1.165) is 11.1 Å². The third-order valence-electron chi connectivity index (χ3n) is 5.20. The van der Waals surface area contributed by atoms with Crippen molar-refractivity contribution in [3.8, 4) is 5.75 Å². The number of hydrogen-bond donors (Lipinski definition) is 1. The molecule has 1 aliphatic rings. The van der Waals surface area contributed by atoms with Gasteiger partial charge in [0.05, 0.1) is 19.5 Å². The summed E-state index contributed by atoms with van der Waals surface area (Å²) < 4.78 is 18.3. The molecule has 0 spiro atoms. The molecule has 2 aromatic carbocycles. The molecule has 2 amide bonds. The fraction of sp³-hybridized carbons (Fsp3) is 0.391. The van der Waals surface area contributed by atoms with Crippen LogP contribution in [0.15, 0.2) is 48.5 Å². The third-order valence-corrected chi connectivity index (χ3v) is 5.20. The predicted octanol–water partition coefficient (Wildman–Crippen LogP) is 2.02. The Labute approximate surface area is 176 Å². The maximum atomic E-state index is 12.8. The number of rotatable bonds is 8. The molecule has 0 unspecified atom stereocenters. The Kier molecular flexibility index (Phi) is 7.79. The topological polar surface area (TPSA) is 61.9 Å². The number of halogens is 1. The average molecular weight is 413 g/mol. The highest BCUT2D eigenvalue weighted by atomic mass is 19.1. The lowest BCUT2D eigenvalue weighted by molar-refractivity contribution is -0.132. The van der Waals surface area contributed by atoms with Crippen molar-refractivity contribution in [2.75, 3.05) is 45.9 Å². The van der Waals surface area contributed by atoms with E-state index in [-0.39, 0.29) is 17.6 Å². The minimum atomic E-state index is -0.312. The van der Waals surface area contributed by atoms with Gasteiger partial charge in [-0.2, -0.15) is 0 Å². The largest absolute Gasteiger partial charge is 0.492 e. The van der Waals surface area contributed by atoms with Crippen LogP contribution >= 0.6 is 0 Å². The molecule has 3 rings (SSSR count). The second-order valence-electron chi connectivity index (χ2n) is 7.41. The van der Waals surface area contributed by atoms with Crippen LogP contribution in [0.25, 0.3) is 0 Å². The van der Waals surface area contributed by atoms with Crippen molar-refractivity contribution in [1.82, 2.24) is 15.1 Å². The zero-order valence-electron chi connectivity index (χ0n) is 17.3. The van der Waals surface area contributed by atoms with E-state index in [1.165, 1.54) is 12.1 Å². The van der Waals surface area contributed by atoms with E-state index in [9.17, 15) is 14.0 Å². The molecule has 0 aliphatic carbocycles. The minimum Gasteiger partial charge on any atom is -0.492 e. The molecule has 30 heavy (non-hydrogen) atoms. The van der Waals surface area contributed by atoms with Crippen molar-refractivity contribution in [1.29, 1.82) is 0 Å². The highest BCUT2D eigenvalue weighted by Crippen LogP contribution is 2.12. The SMILES string of the molecule is Cc1ccccc1CC(=O)N1CCN(CC(=O)NCCOc2ccc(F)cc2)CC1. The molecule has 0 aromatic heterocycles. The Hall–Kier alpha value is -2.93. The first-order valence-corrected chi connectivity index (χ1v) is 10.2. The van der Waals surface area contributed by atoms with Gasteiger partial charge in [-0.05, 0) is 42.3 Å². The first-order valence-electron chi connectivity index (χ1n) is 10.2. The van der Waals surface area contributed by atoms with Crippen LogP contribution < -0.4 is 10.1 Å². The molecule has 7 heteroatoms. The number of carbonyl (C=O) groups excluding carboxylic acids is 2. The normalized spacial score (nSPS) is 14.4. The number of aryl methyl sites for hydroxylation is 1. The number of hydrogen-bond acceptors (Lipinski definition) is 4. The lowest BCUT2D eigenvalue weighted by Crippen LogP contribution is -2.51. The molecule has 0 bridgehead atoms. The molecule has 6 nitrogen and oxygen atoms in total. The Morgan fingerprint density at radius 1 is 1.03 bits per heavy atom. The summed E-state index contributed by atoms with van der Waals surface area (Å²) in [6.45, 7) is 5.64. The lowest BCUT2D eigenvalue weighted by Gasteiger charge is -2.34. The van der Waals surface area contributed by atoms with Gasteiger partial charge in [0.25, 0.3) is 0 Å². The van der Waals surface area contributed by atoms with E-state index in [1.807, 2.05) is 41.0 Å². The Morgan fingerprint density at radius 3 is 2.43 bits per heavy atom. The molecule has 1 fully saturated rings. The lowest BCUT2D eigenvalue weighted by atomic mass is 10.1. The van der Waals surface area contributed by atoms with Gasteiger partial charge in [-0.15, -0.1) is 0 Å². The van der Waals surface area contributed by atoms with E-state index in [1.54, 1.807) is 12.1 Å². The van der Waals surface area contributed by atoms with Gasteiger partial charge in [0.2, 0.25) is 11.8 Å². The second kappa shape index (κ2) is 10.7. The molecule has 1 aliphatic heterocycles. The van der Waals surface area contributed by atoms with Gasteiger partial charge in [-0.1, -0.05) is 24.3 Å². The standard InChI is InChI=1S/C23H28FN3O3/c1-18-4-2-3-5-19(18)16-23(29)27-13-11-26(12-14-27)17-22(28)25-10-15-30-21-8-6-20(24)7-9-21/h2-9H,10-17H2,1H3,(H,25,28). The third kappa shape index (κ3) is 6.56. The van der Waals surface area contributed by atoms with Gasteiger partial charge in [0.15, 0.2) is 0 Å². The summed E-state index contributed by atoms with van der Waals surface area (Å²) in [4.78, 5) is 28.6.